The fourth-order valence-electron chi connectivity index (χ4n) is 3.06. The topological polar surface area (TPSA) is 42.4 Å². The van der Waals surface area contributed by atoms with Gasteiger partial charge in [0.05, 0.1) is 24.2 Å². The second-order valence-electron chi connectivity index (χ2n) is 6.22. The van der Waals surface area contributed by atoms with Crippen LogP contribution in [0.15, 0.2) is 65.6 Å². The minimum atomic E-state index is -0.00129. The van der Waals surface area contributed by atoms with Crippen molar-refractivity contribution in [1.82, 2.24) is 9.88 Å². The van der Waals surface area contributed by atoms with Gasteiger partial charge in [0.2, 0.25) is 5.88 Å². The number of nitrogens with zero attached hydrogens (tertiary/aromatic N) is 2. The number of ether oxygens (including phenoxy) is 1. The van der Waals surface area contributed by atoms with E-state index in [-0.39, 0.29) is 12.0 Å². The van der Waals surface area contributed by atoms with Gasteiger partial charge in [-0.25, -0.2) is 4.98 Å². The van der Waals surface area contributed by atoms with Gasteiger partial charge in [0.1, 0.15) is 6.10 Å². The SMILES string of the molecule is CCSc1ccccc1C(=O)N1CC(Oc2ccc3ccccc3n2)C1. The molecular formula is C21H20N2O2S. The Balaban J connectivity index is 1.39. The molecule has 26 heavy (non-hydrogen) atoms. The third kappa shape index (κ3) is 3.40. The maximum atomic E-state index is 12.7. The zero-order valence-corrected chi connectivity index (χ0v) is 15.4. The van der Waals surface area contributed by atoms with Gasteiger partial charge in [0.15, 0.2) is 0 Å². The first-order valence-corrected chi connectivity index (χ1v) is 9.76. The highest BCUT2D eigenvalue weighted by Gasteiger charge is 2.33. The van der Waals surface area contributed by atoms with Gasteiger partial charge in [-0.1, -0.05) is 37.3 Å². The fourth-order valence-corrected chi connectivity index (χ4v) is 3.85. The minimum absolute atomic E-state index is 0.00129. The molecule has 1 fully saturated rings. The van der Waals surface area contributed by atoms with Crippen molar-refractivity contribution in [1.29, 1.82) is 0 Å². The molecule has 0 radical (unpaired) electrons. The molecule has 1 amide bonds. The van der Waals surface area contributed by atoms with Gasteiger partial charge >= 0.3 is 0 Å². The molecule has 4 nitrogen and oxygen atoms in total. The normalized spacial score (nSPS) is 14.3. The summed E-state index contributed by atoms with van der Waals surface area (Å²) in [7, 11) is 0. The molecule has 2 heterocycles. The van der Waals surface area contributed by atoms with Gasteiger partial charge in [0.25, 0.3) is 5.91 Å². The molecule has 0 spiro atoms. The molecule has 0 bridgehead atoms. The lowest BCUT2D eigenvalue weighted by atomic mass is 10.1. The Morgan fingerprint density at radius 2 is 1.88 bits per heavy atom. The Morgan fingerprint density at radius 1 is 1.12 bits per heavy atom. The molecular weight excluding hydrogens is 344 g/mol. The van der Waals surface area contributed by atoms with Crippen LogP contribution in [-0.4, -0.2) is 40.7 Å². The highest BCUT2D eigenvalue weighted by molar-refractivity contribution is 7.99. The summed E-state index contributed by atoms with van der Waals surface area (Å²) in [5, 5.41) is 1.09. The number of thioether (sulfide) groups is 1. The fraction of sp³-hybridized carbons (Fsp3) is 0.238. The Hall–Kier alpha value is -2.53. The molecule has 0 aliphatic carbocycles. The van der Waals surface area contributed by atoms with E-state index in [1.165, 1.54) is 0 Å². The van der Waals surface area contributed by atoms with E-state index in [9.17, 15) is 4.79 Å². The van der Waals surface area contributed by atoms with Crippen LogP contribution in [-0.2, 0) is 0 Å². The van der Waals surface area contributed by atoms with Crippen LogP contribution < -0.4 is 4.74 Å². The molecule has 0 saturated carbocycles. The first-order chi connectivity index (χ1) is 12.7. The highest BCUT2D eigenvalue weighted by Crippen LogP contribution is 2.26. The molecule has 5 heteroatoms. The number of carbonyl (C=O) groups is 1. The number of fused-ring (bicyclic) bond motifs is 1. The van der Waals surface area contributed by atoms with Crippen molar-refractivity contribution in [2.24, 2.45) is 0 Å². The number of rotatable bonds is 5. The quantitative estimate of drug-likeness (QED) is 0.635. The maximum absolute atomic E-state index is 12.7. The van der Waals surface area contributed by atoms with Crippen molar-refractivity contribution < 1.29 is 9.53 Å². The molecule has 132 valence electrons. The predicted molar refractivity (Wildman–Crippen MR) is 105 cm³/mol. The lowest BCUT2D eigenvalue weighted by molar-refractivity contribution is 0.0159. The van der Waals surface area contributed by atoms with Gasteiger partial charge in [-0.3, -0.25) is 4.79 Å². The van der Waals surface area contributed by atoms with Crippen molar-refractivity contribution in [2.75, 3.05) is 18.8 Å². The molecule has 0 N–H and O–H groups in total. The first-order valence-electron chi connectivity index (χ1n) is 8.78. The zero-order valence-electron chi connectivity index (χ0n) is 14.6. The average molecular weight is 364 g/mol. The third-order valence-corrected chi connectivity index (χ3v) is 5.37. The number of carbonyl (C=O) groups excluding carboxylic acids is 1. The number of amides is 1. The Labute approximate surface area is 157 Å². The molecule has 4 rings (SSSR count). The molecule has 1 saturated heterocycles. The average Bonchev–Trinajstić information content (AvgIpc) is 2.64. The molecule has 2 aromatic carbocycles. The monoisotopic (exact) mass is 364 g/mol. The Bertz CT molecular complexity index is 938. The Kier molecular flexibility index (Phi) is 4.80. The summed E-state index contributed by atoms with van der Waals surface area (Å²) >= 11 is 1.70. The smallest absolute Gasteiger partial charge is 0.255 e. The van der Waals surface area contributed by atoms with E-state index < -0.39 is 0 Å². The van der Waals surface area contributed by atoms with Crippen molar-refractivity contribution >= 4 is 28.6 Å². The summed E-state index contributed by atoms with van der Waals surface area (Å²) in [5.74, 6) is 1.64. The summed E-state index contributed by atoms with van der Waals surface area (Å²) < 4.78 is 5.94. The first kappa shape index (κ1) is 16.9. The van der Waals surface area contributed by atoms with E-state index in [0.717, 1.165) is 27.1 Å². The summed E-state index contributed by atoms with van der Waals surface area (Å²) in [5.41, 5.74) is 1.70. The second kappa shape index (κ2) is 7.38. The third-order valence-electron chi connectivity index (χ3n) is 4.41. The highest BCUT2D eigenvalue weighted by atomic mass is 32.2. The van der Waals surface area contributed by atoms with Crippen molar-refractivity contribution in [2.45, 2.75) is 17.9 Å². The van der Waals surface area contributed by atoms with Crippen LogP contribution in [0.5, 0.6) is 5.88 Å². The van der Waals surface area contributed by atoms with Crippen LogP contribution in [0.25, 0.3) is 10.9 Å². The Morgan fingerprint density at radius 3 is 2.73 bits per heavy atom. The number of hydrogen-bond acceptors (Lipinski definition) is 4. The van der Waals surface area contributed by atoms with E-state index in [0.29, 0.717) is 19.0 Å². The number of benzene rings is 2. The largest absolute Gasteiger partial charge is 0.471 e. The molecule has 1 aliphatic heterocycles. The minimum Gasteiger partial charge on any atom is -0.471 e. The summed E-state index contributed by atoms with van der Waals surface area (Å²) in [6.07, 6.45) is -0.00129. The van der Waals surface area contributed by atoms with Crippen molar-refractivity contribution in [3.63, 3.8) is 0 Å². The van der Waals surface area contributed by atoms with E-state index in [1.807, 2.05) is 65.6 Å². The molecule has 0 atom stereocenters. The number of hydrogen-bond donors (Lipinski definition) is 0. The van der Waals surface area contributed by atoms with E-state index in [4.69, 9.17) is 4.74 Å². The standard InChI is InChI=1S/C21H20N2O2S/c1-2-26-19-10-6-4-8-17(19)21(24)23-13-16(14-23)25-20-12-11-15-7-3-5-9-18(15)22-20/h3-12,16H,2,13-14H2,1H3. The van der Waals surface area contributed by atoms with Crippen LogP contribution >= 0.6 is 11.8 Å². The lowest BCUT2D eigenvalue weighted by Crippen LogP contribution is -2.56. The predicted octanol–water partition coefficient (Wildman–Crippen LogP) is 4.25. The lowest BCUT2D eigenvalue weighted by Gasteiger charge is -2.39. The molecule has 3 aromatic rings. The van der Waals surface area contributed by atoms with E-state index in [2.05, 4.69) is 11.9 Å². The van der Waals surface area contributed by atoms with Gasteiger partial charge in [-0.2, -0.15) is 0 Å². The number of aromatic nitrogens is 1. The molecule has 1 aliphatic rings. The van der Waals surface area contributed by atoms with Crippen LogP contribution in [0.3, 0.4) is 0 Å². The molecule has 0 unspecified atom stereocenters. The van der Waals surface area contributed by atoms with Gasteiger partial charge in [-0.05, 0) is 30.0 Å². The van der Waals surface area contributed by atoms with Crippen molar-refractivity contribution in [3.05, 3.63) is 66.2 Å². The summed E-state index contributed by atoms with van der Waals surface area (Å²) in [6.45, 7) is 3.28. The number of likely N-dealkylation sites (tertiary alicyclic amines) is 1. The second-order valence-corrected chi connectivity index (χ2v) is 7.53. The summed E-state index contributed by atoms with van der Waals surface area (Å²) in [6, 6.07) is 19.7. The number of pyridine rings is 1. The zero-order chi connectivity index (χ0) is 17.9. The van der Waals surface area contributed by atoms with Crippen LogP contribution in [0.4, 0.5) is 0 Å². The maximum Gasteiger partial charge on any atom is 0.255 e. The van der Waals surface area contributed by atoms with Crippen LogP contribution in [0, 0.1) is 0 Å². The van der Waals surface area contributed by atoms with Gasteiger partial charge in [0, 0.05) is 16.3 Å². The van der Waals surface area contributed by atoms with E-state index in [1.54, 1.807) is 11.8 Å². The van der Waals surface area contributed by atoms with Crippen LogP contribution in [0.1, 0.15) is 17.3 Å². The molecule has 1 aromatic heterocycles. The summed E-state index contributed by atoms with van der Waals surface area (Å²) in [4.78, 5) is 20.1. The van der Waals surface area contributed by atoms with E-state index >= 15 is 0 Å². The van der Waals surface area contributed by atoms with Crippen LogP contribution in [0.2, 0.25) is 0 Å². The number of para-hydroxylation sites is 1. The van der Waals surface area contributed by atoms with Crippen molar-refractivity contribution in [3.8, 4) is 5.88 Å². The van der Waals surface area contributed by atoms with Gasteiger partial charge < -0.3 is 9.64 Å². The van der Waals surface area contributed by atoms with Gasteiger partial charge in [-0.15, -0.1) is 11.8 Å².